The van der Waals surface area contributed by atoms with Gasteiger partial charge < -0.3 is 4.74 Å². The second-order valence-electron chi connectivity index (χ2n) is 2.09. The van der Waals surface area contributed by atoms with E-state index in [0.717, 1.165) is 24.3 Å². The van der Waals surface area contributed by atoms with E-state index in [2.05, 4.69) is 20.9 Å². The molecule has 3 heteroatoms. The van der Waals surface area contributed by atoms with Gasteiger partial charge in [-0.3, -0.25) is 4.99 Å². The van der Waals surface area contributed by atoms with Crippen LogP contribution in [0.4, 0.5) is 0 Å². The molecule has 0 radical (unpaired) electrons. The summed E-state index contributed by atoms with van der Waals surface area (Å²) in [4.78, 5) is 4.25. The van der Waals surface area contributed by atoms with E-state index < -0.39 is 0 Å². The highest BCUT2D eigenvalue weighted by Crippen LogP contribution is 2.08. The van der Waals surface area contributed by atoms with E-state index in [0.29, 0.717) is 6.04 Å². The van der Waals surface area contributed by atoms with E-state index in [1.54, 1.807) is 0 Å². The van der Waals surface area contributed by atoms with Crippen LogP contribution >= 0.6 is 15.9 Å². The lowest BCUT2D eigenvalue weighted by atomic mass is 10.2. The fourth-order valence-electron chi connectivity index (χ4n) is 0.813. The van der Waals surface area contributed by atoms with Crippen molar-refractivity contribution >= 4 is 21.8 Å². The zero-order valence-electron chi connectivity index (χ0n) is 5.43. The van der Waals surface area contributed by atoms with Gasteiger partial charge in [0.05, 0.1) is 12.6 Å². The van der Waals surface area contributed by atoms with Crippen molar-refractivity contribution in [3.8, 4) is 0 Å². The Balaban J connectivity index is 2.47. The number of ether oxygens (including phenoxy) is 1. The van der Waals surface area contributed by atoms with Crippen LogP contribution in [0.15, 0.2) is 4.99 Å². The third-order valence-corrected chi connectivity index (χ3v) is 2.05. The van der Waals surface area contributed by atoms with Gasteiger partial charge in [-0.1, -0.05) is 15.9 Å². The number of rotatable bonds is 1. The van der Waals surface area contributed by atoms with E-state index in [1.165, 1.54) is 0 Å². The molecule has 1 aliphatic rings. The average Bonchev–Trinajstić information content (AvgIpc) is 1.88. The van der Waals surface area contributed by atoms with Gasteiger partial charge in [0.1, 0.15) is 0 Å². The number of aliphatic imine (C=N–C) groups is 1. The lowest BCUT2D eigenvalue weighted by Crippen LogP contribution is -2.20. The normalized spacial score (nSPS) is 26.9. The van der Waals surface area contributed by atoms with Gasteiger partial charge in [-0.15, -0.1) is 0 Å². The van der Waals surface area contributed by atoms with Crippen LogP contribution in [0.5, 0.6) is 0 Å². The van der Waals surface area contributed by atoms with Gasteiger partial charge in [0.2, 0.25) is 0 Å². The fraction of sp³-hybridized carbons (Fsp3) is 0.833. The second kappa shape index (κ2) is 3.20. The van der Waals surface area contributed by atoms with Gasteiger partial charge in [0.25, 0.3) is 0 Å². The number of hydrogen-bond acceptors (Lipinski definition) is 2. The Morgan fingerprint density at radius 3 is 3.11 bits per heavy atom. The highest BCUT2D eigenvalue weighted by molar-refractivity contribution is 9.09. The van der Waals surface area contributed by atoms with Crippen molar-refractivity contribution in [3.63, 3.8) is 0 Å². The molecule has 52 valence electrons. The first-order valence-electron chi connectivity index (χ1n) is 3.06. The molecule has 0 spiro atoms. The second-order valence-corrected chi connectivity index (χ2v) is 2.74. The molecular weight excluding hydrogens is 182 g/mol. The molecule has 0 aromatic carbocycles. The quantitative estimate of drug-likeness (QED) is 0.578. The zero-order chi connectivity index (χ0) is 6.69. The maximum absolute atomic E-state index is 5.14. The van der Waals surface area contributed by atoms with Gasteiger partial charge in [-0.25, -0.2) is 0 Å². The molecule has 0 fully saturated rings. The van der Waals surface area contributed by atoms with Gasteiger partial charge in [-0.2, -0.15) is 0 Å². The van der Waals surface area contributed by atoms with Crippen molar-refractivity contribution in [2.45, 2.75) is 19.4 Å². The first kappa shape index (κ1) is 7.06. The SMILES string of the molecule is CC1=NC(CBr)CCO1. The molecule has 0 saturated carbocycles. The van der Waals surface area contributed by atoms with E-state index in [4.69, 9.17) is 4.74 Å². The summed E-state index contributed by atoms with van der Waals surface area (Å²) in [5.41, 5.74) is 0. The summed E-state index contributed by atoms with van der Waals surface area (Å²) in [6.45, 7) is 2.72. The van der Waals surface area contributed by atoms with Crippen LogP contribution in [0, 0.1) is 0 Å². The van der Waals surface area contributed by atoms with Crippen LogP contribution in [0.1, 0.15) is 13.3 Å². The third-order valence-electron chi connectivity index (χ3n) is 1.30. The topological polar surface area (TPSA) is 21.6 Å². The summed E-state index contributed by atoms with van der Waals surface area (Å²) in [7, 11) is 0. The molecule has 0 saturated heterocycles. The van der Waals surface area contributed by atoms with Crippen LogP contribution in [0.2, 0.25) is 0 Å². The zero-order valence-corrected chi connectivity index (χ0v) is 7.02. The van der Waals surface area contributed by atoms with Crippen molar-refractivity contribution in [1.29, 1.82) is 0 Å². The van der Waals surface area contributed by atoms with Crippen LogP contribution in [0.3, 0.4) is 0 Å². The highest BCUT2D eigenvalue weighted by atomic mass is 79.9. The van der Waals surface area contributed by atoms with Crippen LogP contribution in [-0.2, 0) is 4.74 Å². The first-order valence-corrected chi connectivity index (χ1v) is 4.18. The lowest BCUT2D eigenvalue weighted by Gasteiger charge is -2.16. The van der Waals surface area contributed by atoms with Crippen LogP contribution in [0.25, 0.3) is 0 Å². The third kappa shape index (κ3) is 1.97. The Kier molecular flexibility index (Phi) is 2.51. The van der Waals surface area contributed by atoms with Crippen molar-refractivity contribution < 1.29 is 4.74 Å². The van der Waals surface area contributed by atoms with Crippen molar-refractivity contribution in [1.82, 2.24) is 0 Å². The lowest BCUT2D eigenvalue weighted by molar-refractivity contribution is 0.263. The van der Waals surface area contributed by atoms with Crippen molar-refractivity contribution in [2.75, 3.05) is 11.9 Å². The van der Waals surface area contributed by atoms with Gasteiger partial charge in [0.15, 0.2) is 5.90 Å². The van der Waals surface area contributed by atoms with E-state index in [9.17, 15) is 0 Å². The molecule has 1 rings (SSSR count). The van der Waals surface area contributed by atoms with Crippen molar-refractivity contribution in [3.05, 3.63) is 0 Å². The minimum Gasteiger partial charge on any atom is -0.481 e. The summed E-state index contributed by atoms with van der Waals surface area (Å²) in [6, 6.07) is 0.443. The summed E-state index contributed by atoms with van der Waals surface area (Å²) >= 11 is 3.38. The Morgan fingerprint density at radius 2 is 2.67 bits per heavy atom. The molecule has 0 aromatic rings. The average molecular weight is 192 g/mol. The molecule has 2 nitrogen and oxygen atoms in total. The molecule has 0 N–H and O–H groups in total. The summed E-state index contributed by atoms with van der Waals surface area (Å²) < 4.78 is 5.14. The Bertz CT molecular complexity index is 124. The largest absolute Gasteiger partial charge is 0.481 e. The standard InChI is InChI=1S/C6H10BrNO/c1-5-8-6(4-7)2-3-9-5/h6H,2-4H2,1H3. The minimum atomic E-state index is 0.443. The number of alkyl halides is 1. The monoisotopic (exact) mass is 191 g/mol. The van der Waals surface area contributed by atoms with Gasteiger partial charge in [0, 0.05) is 18.7 Å². The Labute approximate surface area is 63.4 Å². The van der Waals surface area contributed by atoms with Crippen LogP contribution in [-0.4, -0.2) is 23.9 Å². The Morgan fingerprint density at radius 1 is 1.89 bits per heavy atom. The van der Waals surface area contributed by atoms with E-state index in [1.807, 2.05) is 6.92 Å². The fourth-order valence-corrected chi connectivity index (χ4v) is 1.28. The smallest absolute Gasteiger partial charge is 0.180 e. The molecule has 1 unspecified atom stereocenters. The number of nitrogens with zero attached hydrogens (tertiary/aromatic N) is 1. The maximum atomic E-state index is 5.14. The Hall–Kier alpha value is -0.0500. The maximum Gasteiger partial charge on any atom is 0.180 e. The van der Waals surface area contributed by atoms with Gasteiger partial charge in [-0.05, 0) is 0 Å². The molecule has 0 aromatic heterocycles. The predicted molar refractivity (Wildman–Crippen MR) is 41.3 cm³/mol. The van der Waals surface area contributed by atoms with Crippen molar-refractivity contribution in [2.24, 2.45) is 4.99 Å². The van der Waals surface area contributed by atoms with E-state index >= 15 is 0 Å². The summed E-state index contributed by atoms with van der Waals surface area (Å²) in [5.74, 6) is 0.825. The molecule has 0 aliphatic carbocycles. The molecule has 0 amide bonds. The number of halogens is 1. The molecule has 0 bridgehead atoms. The molecular formula is C6H10BrNO. The molecule has 1 aliphatic heterocycles. The predicted octanol–water partition coefficient (Wildman–Crippen LogP) is 1.59. The van der Waals surface area contributed by atoms with Gasteiger partial charge >= 0.3 is 0 Å². The molecule has 1 atom stereocenters. The molecule has 9 heavy (non-hydrogen) atoms. The van der Waals surface area contributed by atoms with Crippen LogP contribution < -0.4 is 0 Å². The van der Waals surface area contributed by atoms with E-state index in [-0.39, 0.29) is 0 Å². The summed E-state index contributed by atoms with van der Waals surface area (Å²) in [5, 5.41) is 0.952. The number of hydrogen-bond donors (Lipinski definition) is 0. The first-order chi connectivity index (χ1) is 4.33. The summed E-state index contributed by atoms with van der Waals surface area (Å²) in [6.07, 6.45) is 1.04. The minimum absolute atomic E-state index is 0.443. The molecule has 1 heterocycles. The highest BCUT2D eigenvalue weighted by Gasteiger charge is 2.10.